The van der Waals surface area contributed by atoms with Crippen molar-refractivity contribution in [3.8, 4) is 0 Å². The Labute approximate surface area is 157 Å². The summed E-state index contributed by atoms with van der Waals surface area (Å²) in [7, 11) is 0. The van der Waals surface area contributed by atoms with Gasteiger partial charge in [-0.2, -0.15) is 0 Å². The number of ether oxygens (including phenoxy) is 1. The first-order valence-electron chi connectivity index (χ1n) is 8.02. The predicted molar refractivity (Wildman–Crippen MR) is 103 cm³/mol. The molecule has 7 heteroatoms. The third kappa shape index (κ3) is 6.85. The van der Waals surface area contributed by atoms with Crippen LogP contribution >= 0.6 is 24.8 Å². The third-order valence-corrected chi connectivity index (χ3v) is 4.41. The standard InChI is InChI=1S/C17H27N3O2.2ClH/c1-13(14(2)20-9-11-22-12-10-20)19-17(21)8-7-15-5-3-4-6-16(15)18;;/h3-6,13-14H,7-12,18H2,1-2H3,(H,19,21);2*1H. The number of aryl methyl sites for hydroxylation is 1. The fourth-order valence-electron chi connectivity index (χ4n) is 2.76. The number of carbonyl (C=O) groups is 1. The zero-order valence-corrected chi connectivity index (χ0v) is 16.0. The summed E-state index contributed by atoms with van der Waals surface area (Å²) in [5.74, 6) is 0.0795. The van der Waals surface area contributed by atoms with Crippen molar-refractivity contribution in [3.63, 3.8) is 0 Å². The number of nitrogens with zero attached hydrogens (tertiary/aromatic N) is 1. The summed E-state index contributed by atoms with van der Waals surface area (Å²) in [5.41, 5.74) is 7.69. The average Bonchev–Trinajstić information content (AvgIpc) is 2.54. The van der Waals surface area contributed by atoms with E-state index in [-0.39, 0.29) is 36.8 Å². The highest BCUT2D eigenvalue weighted by Gasteiger charge is 2.23. The molecule has 2 atom stereocenters. The summed E-state index contributed by atoms with van der Waals surface area (Å²) in [5, 5.41) is 3.10. The molecule has 0 aliphatic carbocycles. The number of hydrogen-bond donors (Lipinski definition) is 2. The van der Waals surface area contributed by atoms with Crippen molar-refractivity contribution >= 4 is 36.4 Å². The number of hydrogen-bond acceptors (Lipinski definition) is 4. The van der Waals surface area contributed by atoms with E-state index in [9.17, 15) is 4.79 Å². The summed E-state index contributed by atoms with van der Waals surface area (Å²) in [6.07, 6.45) is 1.14. The van der Waals surface area contributed by atoms with E-state index in [4.69, 9.17) is 10.5 Å². The van der Waals surface area contributed by atoms with Crippen LogP contribution in [0.5, 0.6) is 0 Å². The van der Waals surface area contributed by atoms with Gasteiger partial charge in [0.15, 0.2) is 0 Å². The molecule has 1 aliphatic heterocycles. The molecule has 138 valence electrons. The molecule has 2 rings (SSSR count). The van der Waals surface area contributed by atoms with Gasteiger partial charge in [0.25, 0.3) is 0 Å². The maximum absolute atomic E-state index is 12.1. The van der Waals surface area contributed by atoms with Crippen LogP contribution in [0.1, 0.15) is 25.8 Å². The van der Waals surface area contributed by atoms with Crippen LogP contribution in [-0.2, 0) is 16.0 Å². The van der Waals surface area contributed by atoms with Crippen LogP contribution in [0.2, 0.25) is 0 Å². The Morgan fingerprint density at radius 2 is 1.88 bits per heavy atom. The van der Waals surface area contributed by atoms with Gasteiger partial charge in [-0.3, -0.25) is 9.69 Å². The van der Waals surface area contributed by atoms with Gasteiger partial charge in [0, 0.05) is 37.3 Å². The summed E-state index contributed by atoms with van der Waals surface area (Å²) in [6.45, 7) is 7.64. The molecule has 3 N–H and O–H groups in total. The molecule has 1 amide bonds. The maximum Gasteiger partial charge on any atom is 0.220 e. The van der Waals surface area contributed by atoms with Crippen molar-refractivity contribution in [3.05, 3.63) is 29.8 Å². The number of halogens is 2. The van der Waals surface area contributed by atoms with E-state index >= 15 is 0 Å². The van der Waals surface area contributed by atoms with Gasteiger partial charge in [0.05, 0.1) is 13.2 Å². The first-order chi connectivity index (χ1) is 10.6. The average molecular weight is 378 g/mol. The second-order valence-corrected chi connectivity index (χ2v) is 5.94. The zero-order chi connectivity index (χ0) is 15.9. The van der Waals surface area contributed by atoms with Crippen LogP contribution < -0.4 is 11.1 Å². The second kappa shape index (κ2) is 11.5. The Bertz CT molecular complexity index is 496. The topological polar surface area (TPSA) is 67.6 Å². The van der Waals surface area contributed by atoms with Crippen molar-refractivity contribution in [2.45, 2.75) is 38.8 Å². The monoisotopic (exact) mass is 377 g/mol. The number of morpholine rings is 1. The molecule has 0 saturated carbocycles. The molecule has 1 aromatic rings. The predicted octanol–water partition coefficient (Wildman–Crippen LogP) is 2.27. The number of amides is 1. The number of carbonyl (C=O) groups excluding carboxylic acids is 1. The van der Waals surface area contributed by atoms with Crippen molar-refractivity contribution < 1.29 is 9.53 Å². The fourth-order valence-corrected chi connectivity index (χ4v) is 2.76. The van der Waals surface area contributed by atoms with Crippen LogP contribution in [0.15, 0.2) is 24.3 Å². The van der Waals surface area contributed by atoms with Gasteiger partial charge < -0.3 is 15.8 Å². The number of nitrogens with one attached hydrogen (secondary N) is 1. The smallest absolute Gasteiger partial charge is 0.220 e. The lowest BCUT2D eigenvalue weighted by Crippen LogP contribution is -2.52. The summed E-state index contributed by atoms with van der Waals surface area (Å²) in [6, 6.07) is 8.14. The number of nitrogen functional groups attached to an aromatic ring is 1. The van der Waals surface area contributed by atoms with Gasteiger partial charge in [0.2, 0.25) is 5.91 Å². The van der Waals surface area contributed by atoms with Gasteiger partial charge in [-0.1, -0.05) is 18.2 Å². The van der Waals surface area contributed by atoms with Crippen molar-refractivity contribution in [1.29, 1.82) is 0 Å². The fraction of sp³-hybridized carbons (Fsp3) is 0.588. The molecule has 0 radical (unpaired) electrons. The van der Waals surface area contributed by atoms with E-state index in [1.165, 1.54) is 0 Å². The van der Waals surface area contributed by atoms with Crippen LogP contribution in [-0.4, -0.2) is 49.2 Å². The van der Waals surface area contributed by atoms with E-state index in [1.54, 1.807) is 0 Å². The number of anilines is 1. The van der Waals surface area contributed by atoms with Crippen LogP contribution in [0.4, 0.5) is 5.69 Å². The van der Waals surface area contributed by atoms with E-state index in [0.29, 0.717) is 18.9 Å². The minimum absolute atomic E-state index is 0. The highest BCUT2D eigenvalue weighted by Crippen LogP contribution is 2.13. The SMILES string of the molecule is CC(NC(=O)CCc1ccccc1N)C(C)N1CCOCC1.Cl.Cl. The van der Waals surface area contributed by atoms with Crippen molar-refractivity contribution in [2.75, 3.05) is 32.0 Å². The minimum atomic E-state index is 0. The molecule has 1 heterocycles. The minimum Gasteiger partial charge on any atom is -0.399 e. The quantitative estimate of drug-likeness (QED) is 0.746. The number of para-hydroxylation sites is 1. The molecule has 1 aliphatic rings. The van der Waals surface area contributed by atoms with Gasteiger partial charge in [-0.15, -0.1) is 24.8 Å². The zero-order valence-electron chi connectivity index (χ0n) is 14.4. The Morgan fingerprint density at radius 1 is 1.25 bits per heavy atom. The highest BCUT2D eigenvalue weighted by molar-refractivity contribution is 5.85. The van der Waals surface area contributed by atoms with E-state index < -0.39 is 0 Å². The van der Waals surface area contributed by atoms with Crippen molar-refractivity contribution in [2.24, 2.45) is 0 Å². The lowest BCUT2D eigenvalue weighted by molar-refractivity contribution is -0.122. The summed E-state index contributed by atoms with van der Waals surface area (Å²) < 4.78 is 5.37. The van der Waals surface area contributed by atoms with Gasteiger partial charge >= 0.3 is 0 Å². The summed E-state index contributed by atoms with van der Waals surface area (Å²) in [4.78, 5) is 14.5. The Hall–Kier alpha value is -1.01. The molecular weight excluding hydrogens is 349 g/mol. The van der Waals surface area contributed by atoms with Crippen LogP contribution in [0, 0.1) is 0 Å². The molecule has 2 unspecified atom stereocenters. The molecule has 1 saturated heterocycles. The lowest BCUT2D eigenvalue weighted by atomic mass is 10.1. The van der Waals surface area contributed by atoms with E-state index in [1.807, 2.05) is 24.3 Å². The largest absolute Gasteiger partial charge is 0.399 e. The normalized spacial score (nSPS) is 17.1. The third-order valence-electron chi connectivity index (χ3n) is 4.41. The first kappa shape index (κ1) is 23.0. The second-order valence-electron chi connectivity index (χ2n) is 5.94. The van der Waals surface area contributed by atoms with E-state index in [0.717, 1.165) is 37.6 Å². The number of nitrogens with two attached hydrogens (primary N) is 1. The Kier molecular flexibility index (Phi) is 11.0. The molecule has 0 spiro atoms. The highest BCUT2D eigenvalue weighted by atomic mass is 35.5. The lowest BCUT2D eigenvalue weighted by Gasteiger charge is -2.35. The van der Waals surface area contributed by atoms with Gasteiger partial charge in [0.1, 0.15) is 0 Å². The van der Waals surface area contributed by atoms with Crippen LogP contribution in [0.25, 0.3) is 0 Å². The number of benzene rings is 1. The molecule has 1 aromatic carbocycles. The molecular formula is C17H29Cl2N3O2. The summed E-state index contributed by atoms with van der Waals surface area (Å²) >= 11 is 0. The van der Waals surface area contributed by atoms with Crippen molar-refractivity contribution in [1.82, 2.24) is 10.2 Å². The van der Waals surface area contributed by atoms with Gasteiger partial charge in [-0.25, -0.2) is 0 Å². The molecule has 5 nitrogen and oxygen atoms in total. The Morgan fingerprint density at radius 3 is 2.50 bits per heavy atom. The van der Waals surface area contributed by atoms with Gasteiger partial charge in [-0.05, 0) is 31.9 Å². The molecule has 1 fully saturated rings. The molecule has 0 bridgehead atoms. The number of rotatable bonds is 6. The van der Waals surface area contributed by atoms with E-state index in [2.05, 4.69) is 24.1 Å². The maximum atomic E-state index is 12.1. The van der Waals surface area contributed by atoms with Crippen LogP contribution in [0.3, 0.4) is 0 Å². The first-order valence-corrected chi connectivity index (χ1v) is 8.02. The molecule has 0 aromatic heterocycles. The Balaban J connectivity index is 0.00000264. The molecule has 24 heavy (non-hydrogen) atoms.